The Hall–Kier alpha value is -1.19. The van der Waals surface area contributed by atoms with Crippen molar-refractivity contribution >= 4 is 33.2 Å². The predicted octanol–water partition coefficient (Wildman–Crippen LogP) is 4.72. The third kappa shape index (κ3) is 3.40. The van der Waals surface area contributed by atoms with Gasteiger partial charge >= 0.3 is 0 Å². The van der Waals surface area contributed by atoms with Crippen LogP contribution in [0.25, 0.3) is 0 Å². The van der Waals surface area contributed by atoms with E-state index in [1.165, 1.54) is 0 Å². The molecule has 0 aliphatic rings. The molecule has 0 atom stereocenters. The number of benzene rings is 2. The first-order valence-electron chi connectivity index (χ1n) is 5.51. The Kier molecular flexibility index (Phi) is 4.50. The van der Waals surface area contributed by atoms with Crippen molar-refractivity contribution in [1.82, 2.24) is 0 Å². The van der Waals surface area contributed by atoms with E-state index in [0.29, 0.717) is 6.54 Å². The van der Waals surface area contributed by atoms with Crippen molar-refractivity contribution in [2.75, 3.05) is 12.4 Å². The molecule has 0 aliphatic heterocycles. The lowest BCUT2D eigenvalue weighted by atomic mass is 10.2. The first-order chi connectivity index (χ1) is 8.69. The predicted molar refractivity (Wildman–Crippen MR) is 79.5 cm³/mol. The van der Waals surface area contributed by atoms with E-state index < -0.39 is 0 Å². The van der Waals surface area contributed by atoms with Gasteiger partial charge in [0.05, 0.1) is 7.11 Å². The number of hydrogen-bond donors (Lipinski definition) is 1. The van der Waals surface area contributed by atoms with E-state index in [2.05, 4.69) is 21.2 Å². The standard InChI is InChI=1S/C14H13BrClNO/c1-18-13-6-4-12(5-7-13)17-9-10-2-3-11(15)8-14(10)16/h2-8,17H,9H2,1H3. The quantitative estimate of drug-likeness (QED) is 0.877. The fourth-order valence-corrected chi connectivity index (χ4v) is 2.31. The van der Waals surface area contributed by atoms with Crippen LogP contribution >= 0.6 is 27.5 Å². The lowest BCUT2D eigenvalue weighted by Crippen LogP contribution is -1.99. The van der Waals surface area contributed by atoms with Gasteiger partial charge in [-0.1, -0.05) is 33.6 Å². The van der Waals surface area contributed by atoms with E-state index in [1.807, 2.05) is 42.5 Å². The Morgan fingerprint density at radius 3 is 2.50 bits per heavy atom. The molecule has 0 bridgehead atoms. The van der Waals surface area contributed by atoms with Crippen molar-refractivity contribution in [3.8, 4) is 5.75 Å². The molecule has 0 radical (unpaired) electrons. The van der Waals surface area contributed by atoms with Gasteiger partial charge in [0, 0.05) is 21.7 Å². The van der Waals surface area contributed by atoms with E-state index in [0.717, 1.165) is 26.5 Å². The molecule has 0 spiro atoms. The molecular weight excluding hydrogens is 314 g/mol. The number of hydrogen-bond acceptors (Lipinski definition) is 2. The molecule has 18 heavy (non-hydrogen) atoms. The first-order valence-corrected chi connectivity index (χ1v) is 6.68. The second kappa shape index (κ2) is 6.12. The molecule has 0 unspecified atom stereocenters. The molecule has 0 amide bonds. The van der Waals surface area contributed by atoms with Crippen LogP contribution in [0.1, 0.15) is 5.56 Å². The maximum atomic E-state index is 6.15. The number of halogens is 2. The summed E-state index contributed by atoms with van der Waals surface area (Å²) in [5.41, 5.74) is 2.10. The maximum Gasteiger partial charge on any atom is 0.119 e. The largest absolute Gasteiger partial charge is 0.497 e. The van der Waals surface area contributed by atoms with E-state index in [-0.39, 0.29) is 0 Å². The molecule has 2 nitrogen and oxygen atoms in total. The minimum atomic E-state index is 0.693. The number of rotatable bonds is 4. The van der Waals surface area contributed by atoms with Crippen LogP contribution in [0.2, 0.25) is 5.02 Å². The molecule has 0 aliphatic carbocycles. The zero-order valence-corrected chi connectivity index (χ0v) is 12.3. The molecule has 0 fully saturated rings. The van der Waals surface area contributed by atoms with Gasteiger partial charge in [0.25, 0.3) is 0 Å². The highest BCUT2D eigenvalue weighted by Gasteiger charge is 2.01. The highest BCUT2D eigenvalue weighted by Crippen LogP contribution is 2.22. The summed E-state index contributed by atoms with van der Waals surface area (Å²) in [6, 6.07) is 13.7. The van der Waals surface area contributed by atoms with Crippen LogP contribution in [0.15, 0.2) is 46.9 Å². The van der Waals surface area contributed by atoms with Crippen LogP contribution in [0.4, 0.5) is 5.69 Å². The highest BCUT2D eigenvalue weighted by molar-refractivity contribution is 9.10. The van der Waals surface area contributed by atoms with Crippen LogP contribution < -0.4 is 10.1 Å². The minimum absolute atomic E-state index is 0.693. The van der Waals surface area contributed by atoms with Crippen LogP contribution in [0.3, 0.4) is 0 Å². The van der Waals surface area contributed by atoms with Crippen LogP contribution in [-0.4, -0.2) is 7.11 Å². The van der Waals surface area contributed by atoms with Crippen molar-refractivity contribution in [1.29, 1.82) is 0 Å². The van der Waals surface area contributed by atoms with Gasteiger partial charge < -0.3 is 10.1 Å². The summed E-state index contributed by atoms with van der Waals surface area (Å²) in [5.74, 6) is 0.849. The molecule has 0 saturated heterocycles. The summed E-state index contributed by atoms with van der Waals surface area (Å²) in [6.07, 6.45) is 0. The zero-order valence-electron chi connectivity index (χ0n) is 9.91. The average Bonchev–Trinajstić information content (AvgIpc) is 2.38. The van der Waals surface area contributed by atoms with Gasteiger partial charge in [-0.3, -0.25) is 0 Å². The van der Waals surface area contributed by atoms with Crippen LogP contribution in [-0.2, 0) is 6.54 Å². The Bertz CT molecular complexity index is 528. The van der Waals surface area contributed by atoms with Crippen molar-refractivity contribution in [2.24, 2.45) is 0 Å². The highest BCUT2D eigenvalue weighted by atomic mass is 79.9. The molecule has 0 heterocycles. The Morgan fingerprint density at radius 1 is 1.17 bits per heavy atom. The Balaban J connectivity index is 2.02. The minimum Gasteiger partial charge on any atom is -0.497 e. The van der Waals surface area contributed by atoms with Crippen LogP contribution in [0.5, 0.6) is 5.75 Å². The van der Waals surface area contributed by atoms with E-state index in [1.54, 1.807) is 7.11 Å². The van der Waals surface area contributed by atoms with Crippen molar-refractivity contribution in [2.45, 2.75) is 6.54 Å². The Labute approximate surface area is 120 Å². The van der Waals surface area contributed by atoms with E-state index in [4.69, 9.17) is 16.3 Å². The summed E-state index contributed by atoms with van der Waals surface area (Å²) < 4.78 is 6.10. The normalized spacial score (nSPS) is 10.2. The second-order valence-corrected chi connectivity index (χ2v) is 5.14. The fourth-order valence-electron chi connectivity index (χ4n) is 1.57. The number of anilines is 1. The number of ether oxygens (including phenoxy) is 1. The summed E-state index contributed by atoms with van der Waals surface area (Å²) in [4.78, 5) is 0. The molecule has 94 valence electrons. The zero-order chi connectivity index (χ0) is 13.0. The van der Waals surface area contributed by atoms with Crippen LogP contribution in [0, 0.1) is 0 Å². The molecule has 2 aromatic carbocycles. The van der Waals surface area contributed by atoms with Gasteiger partial charge in [-0.25, -0.2) is 0 Å². The van der Waals surface area contributed by atoms with Gasteiger partial charge in [0.15, 0.2) is 0 Å². The monoisotopic (exact) mass is 325 g/mol. The summed E-state index contributed by atoms with van der Waals surface area (Å²) in [7, 11) is 1.66. The van der Waals surface area contributed by atoms with E-state index >= 15 is 0 Å². The fraction of sp³-hybridized carbons (Fsp3) is 0.143. The average molecular weight is 327 g/mol. The maximum absolute atomic E-state index is 6.15. The third-order valence-corrected chi connectivity index (χ3v) is 3.43. The van der Waals surface area contributed by atoms with Crippen molar-refractivity contribution in [3.05, 3.63) is 57.5 Å². The van der Waals surface area contributed by atoms with Crippen molar-refractivity contribution < 1.29 is 4.74 Å². The molecule has 0 aromatic heterocycles. The SMILES string of the molecule is COc1ccc(NCc2ccc(Br)cc2Cl)cc1. The molecular formula is C14H13BrClNO. The first kappa shape index (κ1) is 13.2. The molecule has 2 aromatic rings. The lowest BCUT2D eigenvalue weighted by molar-refractivity contribution is 0.415. The summed E-state index contributed by atoms with van der Waals surface area (Å²) >= 11 is 9.54. The second-order valence-electron chi connectivity index (χ2n) is 3.82. The summed E-state index contributed by atoms with van der Waals surface area (Å²) in [6.45, 7) is 0.693. The Morgan fingerprint density at radius 2 is 1.89 bits per heavy atom. The third-order valence-electron chi connectivity index (χ3n) is 2.59. The van der Waals surface area contributed by atoms with Gasteiger partial charge in [-0.05, 0) is 42.0 Å². The molecule has 4 heteroatoms. The number of methoxy groups -OCH3 is 1. The summed E-state index contributed by atoms with van der Waals surface area (Å²) in [5, 5.41) is 4.07. The van der Waals surface area contributed by atoms with Gasteiger partial charge in [-0.15, -0.1) is 0 Å². The van der Waals surface area contributed by atoms with Gasteiger partial charge in [-0.2, -0.15) is 0 Å². The molecule has 0 saturated carbocycles. The lowest BCUT2D eigenvalue weighted by Gasteiger charge is -2.09. The van der Waals surface area contributed by atoms with Gasteiger partial charge in [0.2, 0.25) is 0 Å². The van der Waals surface area contributed by atoms with E-state index in [9.17, 15) is 0 Å². The number of nitrogens with one attached hydrogen (secondary N) is 1. The topological polar surface area (TPSA) is 21.3 Å². The van der Waals surface area contributed by atoms with Gasteiger partial charge in [0.1, 0.15) is 5.75 Å². The molecule has 2 rings (SSSR count). The molecule has 1 N–H and O–H groups in total. The smallest absolute Gasteiger partial charge is 0.119 e. The van der Waals surface area contributed by atoms with Crippen molar-refractivity contribution in [3.63, 3.8) is 0 Å².